The van der Waals surface area contributed by atoms with Crippen LogP contribution in [0.15, 0.2) is 47.5 Å². The molecule has 2 aromatic rings. The molecule has 0 spiro atoms. The normalized spacial score (nSPS) is 18.5. The first-order valence-electron chi connectivity index (χ1n) is 7.47. The molecule has 0 saturated carbocycles. The van der Waals surface area contributed by atoms with E-state index in [2.05, 4.69) is 10.3 Å². The lowest BCUT2D eigenvalue weighted by atomic mass is 10.2. The lowest BCUT2D eigenvalue weighted by Gasteiger charge is -2.26. The standard InChI is InChI=1S/C16H13F3N2O4S/c17-16(18,19)10-5-6-12(20-7-10)15(22)21-8-11-9-26(23,24)14-4-2-1-3-13(14)25-11/h1-7,11H,8-9H2,(H,21,22). The van der Waals surface area contributed by atoms with Crippen LogP contribution in [-0.4, -0.2) is 37.7 Å². The Morgan fingerprint density at radius 1 is 1.23 bits per heavy atom. The Morgan fingerprint density at radius 2 is 1.96 bits per heavy atom. The number of hydrogen-bond donors (Lipinski definition) is 1. The summed E-state index contributed by atoms with van der Waals surface area (Å²) in [5.41, 5.74) is -1.18. The summed E-state index contributed by atoms with van der Waals surface area (Å²) in [6.45, 7) is -0.130. The Bertz CT molecular complexity index is 927. The van der Waals surface area contributed by atoms with E-state index in [1.807, 2.05) is 0 Å². The molecule has 1 unspecified atom stereocenters. The van der Waals surface area contributed by atoms with Crippen molar-refractivity contribution in [1.82, 2.24) is 10.3 Å². The van der Waals surface area contributed by atoms with Crippen LogP contribution in [0.1, 0.15) is 16.1 Å². The van der Waals surface area contributed by atoms with Gasteiger partial charge in [0.2, 0.25) is 0 Å². The topological polar surface area (TPSA) is 85.4 Å². The summed E-state index contributed by atoms with van der Waals surface area (Å²) < 4.78 is 67.5. The number of pyridine rings is 1. The smallest absolute Gasteiger partial charge is 0.417 e. The SMILES string of the molecule is O=C(NCC1CS(=O)(=O)c2ccccc2O1)c1ccc(C(F)(F)F)cn1. The zero-order valence-corrected chi connectivity index (χ0v) is 14.0. The van der Waals surface area contributed by atoms with Gasteiger partial charge < -0.3 is 10.1 Å². The molecule has 138 valence electrons. The minimum absolute atomic E-state index is 0.0898. The second kappa shape index (κ2) is 6.60. The Labute approximate surface area is 146 Å². The molecule has 0 radical (unpaired) electrons. The maximum absolute atomic E-state index is 12.5. The van der Waals surface area contributed by atoms with E-state index in [4.69, 9.17) is 4.74 Å². The van der Waals surface area contributed by atoms with Crippen LogP contribution in [-0.2, 0) is 16.0 Å². The largest absolute Gasteiger partial charge is 0.486 e. The Hall–Kier alpha value is -2.62. The predicted molar refractivity (Wildman–Crippen MR) is 84.5 cm³/mol. The van der Waals surface area contributed by atoms with Crippen molar-refractivity contribution in [1.29, 1.82) is 0 Å². The fourth-order valence-electron chi connectivity index (χ4n) is 2.45. The highest BCUT2D eigenvalue weighted by Crippen LogP contribution is 2.30. The van der Waals surface area contributed by atoms with E-state index in [9.17, 15) is 26.4 Å². The van der Waals surface area contributed by atoms with Gasteiger partial charge in [0.15, 0.2) is 9.84 Å². The third-order valence-electron chi connectivity index (χ3n) is 3.70. The third kappa shape index (κ3) is 3.79. The minimum Gasteiger partial charge on any atom is -0.486 e. The fraction of sp³-hybridized carbons (Fsp3) is 0.250. The molecule has 1 amide bonds. The molecule has 6 nitrogen and oxygen atoms in total. The van der Waals surface area contributed by atoms with E-state index >= 15 is 0 Å². The predicted octanol–water partition coefficient (Wildman–Crippen LogP) is 2.07. The second-order valence-corrected chi connectivity index (χ2v) is 7.61. The first-order valence-corrected chi connectivity index (χ1v) is 9.12. The fourth-order valence-corrected chi connectivity index (χ4v) is 4.01. The Balaban J connectivity index is 1.65. The van der Waals surface area contributed by atoms with Crippen LogP contribution in [0.3, 0.4) is 0 Å². The van der Waals surface area contributed by atoms with Crippen molar-refractivity contribution in [2.45, 2.75) is 17.2 Å². The molecular formula is C16H13F3N2O4S. The van der Waals surface area contributed by atoms with Crippen molar-refractivity contribution in [3.63, 3.8) is 0 Å². The van der Waals surface area contributed by atoms with Gasteiger partial charge in [-0.05, 0) is 24.3 Å². The number of amides is 1. The number of benzene rings is 1. The van der Waals surface area contributed by atoms with Gasteiger partial charge in [-0.2, -0.15) is 13.2 Å². The van der Waals surface area contributed by atoms with Crippen LogP contribution in [0.5, 0.6) is 5.75 Å². The van der Waals surface area contributed by atoms with Crippen LogP contribution < -0.4 is 10.1 Å². The molecule has 10 heteroatoms. The van der Waals surface area contributed by atoms with Gasteiger partial charge in [-0.15, -0.1) is 0 Å². The number of para-hydroxylation sites is 1. The summed E-state index contributed by atoms with van der Waals surface area (Å²) in [5, 5.41) is 2.42. The maximum atomic E-state index is 12.5. The number of nitrogens with one attached hydrogen (secondary N) is 1. The maximum Gasteiger partial charge on any atom is 0.417 e. The van der Waals surface area contributed by atoms with Crippen molar-refractivity contribution in [3.05, 3.63) is 53.9 Å². The van der Waals surface area contributed by atoms with Crippen molar-refractivity contribution < 1.29 is 31.1 Å². The molecular weight excluding hydrogens is 373 g/mol. The van der Waals surface area contributed by atoms with E-state index in [1.165, 1.54) is 12.1 Å². The van der Waals surface area contributed by atoms with Crippen molar-refractivity contribution in [2.75, 3.05) is 12.3 Å². The number of carbonyl (C=O) groups excluding carboxylic acids is 1. The zero-order valence-electron chi connectivity index (χ0n) is 13.2. The molecule has 0 aliphatic carbocycles. The monoisotopic (exact) mass is 386 g/mol. The van der Waals surface area contributed by atoms with Gasteiger partial charge in [0.05, 0.1) is 17.9 Å². The Kier molecular flexibility index (Phi) is 4.61. The van der Waals surface area contributed by atoms with Crippen LogP contribution >= 0.6 is 0 Å². The Morgan fingerprint density at radius 3 is 2.62 bits per heavy atom. The molecule has 0 bridgehead atoms. The highest BCUT2D eigenvalue weighted by molar-refractivity contribution is 7.91. The highest BCUT2D eigenvalue weighted by atomic mass is 32.2. The van der Waals surface area contributed by atoms with Gasteiger partial charge in [-0.1, -0.05) is 12.1 Å². The van der Waals surface area contributed by atoms with E-state index in [0.717, 1.165) is 12.1 Å². The lowest BCUT2D eigenvalue weighted by Crippen LogP contribution is -2.42. The molecule has 0 saturated heterocycles. The first kappa shape index (κ1) is 18.2. The van der Waals surface area contributed by atoms with Crippen molar-refractivity contribution in [2.24, 2.45) is 0 Å². The number of aromatic nitrogens is 1. The van der Waals surface area contributed by atoms with Crippen LogP contribution in [0.25, 0.3) is 0 Å². The van der Waals surface area contributed by atoms with E-state index in [-0.39, 0.29) is 28.6 Å². The molecule has 1 atom stereocenters. The zero-order chi connectivity index (χ0) is 18.9. The molecule has 1 aromatic heterocycles. The summed E-state index contributed by atoms with van der Waals surface area (Å²) >= 11 is 0. The summed E-state index contributed by atoms with van der Waals surface area (Å²) in [4.78, 5) is 15.6. The summed E-state index contributed by atoms with van der Waals surface area (Å²) in [5.74, 6) is -0.839. The summed E-state index contributed by atoms with van der Waals surface area (Å²) in [6.07, 6.45) is -4.79. The number of fused-ring (bicyclic) bond motifs is 1. The van der Waals surface area contributed by atoms with Gasteiger partial charge in [0.1, 0.15) is 22.4 Å². The van der Waals surface area contributed by atoms with E-state index in [0.29, 0.717) is 6.20 Å². The van der Waals surface area contributed by atoms with E-state index < -0.39 is 33.6 Å². The molecule has 1 aromatic carbocycles. The van der Waals surface area contributed by atoms with Gasteiger partial charge in [-0.3, -0.25) is 9.78 Å². The molecule has 3 rings (SSSR count). The molecule has 1 N–H and O–H groups in total. The number of nitrogens with zero attached hydrogens (tertiary/aromatic N) is 1. The number of alkyl halides is 3. The average molecular weight is 386 g/mol. The second-order valence-electron chi connectivity index (χ2n) is 5.61. The van der Waals surface area contributed by atoms with Crippen LogP contribution in [0, 0.1) is 0 Å². The summed E-state index contributed by atoms with van der Waals surface area (Å²) in [6, 6.07) is 7.86. The van der Waals surface area contributed by atoms with Gasteiger partial charge in [0, 0.05) is 6.20 Å². The average Bonchev–Trinajstić information content (AvgIpc) is 2.58. The van der Waals surface area contributed by atoms with Gasteiger partial charge in [0.25, 0.3) is 5.91 Å². The number of sulfone groups is 1. The number of halogens is 3. The number of carbonyl (C=O) groups is 1. The quantitative estimate of drug-likeness (QED) is 0.873. The highest BCUT2D eigenvalue weighted by Gasteiger charge is 2.32. The molecule has 1 aliphatic rings. The number of ether oxygens (including phenoxy) is 1. The van der Waals surface area contributed by atoms with Crippen LogP contribution in [0.2, 0.25) is 0 Å². The van der Waals surface area contributed by atoms with Gasteiger partial charge in [-0.25, -0.2) is 8.42 Å². The number of rotatable bonds is 3. The molecule has 1 aliphatic heterocycles. The minimum atomic E-state index is -4.54. The van der Waals surface area contributed by atoms with E-state index in [1.54, 1.807) is 12.1 Å². The molecule has 2 heterocycles. The molecule has 0 fully saturated rings. The lowest BCUT2D eigenvalue weighted by molar-refractivity contribution is -0.137. The summed E-state index contributed by atoms with van der Waals surface area (Å²) in [7, 11) is -3.54. The van der Waals surface area contributed by atoms with Crippen LogP contribution in [0.4, 0.5) is 13.2 Å². The van der Waals surface area contributed by atoms with Gasteiger partial charge >= 0.3 is 6.18 Å². The third-order valence-corrected chi connectivity index (χ3v) is 5.51. The first-order chi connectivity index (χ1) is 12.2. The number of hydrogen-bond acceptors (Lipinski definition) is 5. The van der Waals surface area contributed by atoms with Crippen molar-refractivity contribution in [3.8, 4) is 5.75 Å². The molecule has 26 heavy (non-hydrogen) atoms. The van der Waals surface area contributed by atoms with Crippen molar-refractivity contribution >= 4 is 15.7 Å².